The van der Waals surface area contributed by atoms with Gasteiger partial charge in [-0.25, -0.2) is 0 Å². The SMILES string of the molecule is CCCCN1CC(CCC)CC(NCCC)C1. The Morgan fingerprint density at radius 1 is 1.06 bits per heavy atom. The van der Waals surface area contributed by atoms with E-state index in [0.29, 0.717) is 0 Å². The molecule has 102 valence electrons. The molecule has 1 heterocycles. The Labute approximate surface area is 108 Å². The smallest absolute Gasteiger partial charge is 0.0198 e. The van der Waals surface area contributed by atoms with Crippen LogP contribution in [0.3, 0.4) is 0 Å². The summed E-state index contributed by atoms with van der Waals surface area (Å²) in [5, 5.41) is 3.72. The topological polar surface area (TPSA) is 15.3 Å². The molecule has 0 aromatic carbocycles. The molecule has 0 aliphatic carbocycles. The van der Waals surface area contributed by atoms with Gasteiger partial charge >= 0.3 is 0 Å². The van der Waals surface area contributed by atoms with Crippen LogP contribution in [0.5, 0.6) is 0 Å². The van der Waals surface area contributed by atoms with Gasteiger partial charge in [-0.05, 0) is 44.7 Å². The summed E-state index contributed by atoms with van der Waals surface area (Å²) in [5.74, 6) is 0.931. The highest BCUT2D eigenvalue weighted by atomic mass is 15.2. The Hall–Kier alpha value is -0.0800. The average Bonchev–Trinajstić information content (AvgIpc) is 2.34. The lowest BCUT2D eigenvalue weighted by molar-refractivity contribution is 0.134. The molecule has 1 rings (SSSR count). The molecule has 1 fully saturated rings. The Kier molecular flexibility index (Phi) is 7.87. The highest BCUT2D eigenvalue weighted by Gasteiger charge is 2.25. The Balaban J connectivity index is 2.37. The van der Waals surface area contributed by atoms with Gasteiger partial charge in [-0.2, -0.15) is 0 Å². The van der Waals surface area contributed by atoms with Crippen LogP contribution in [0.2, 0.25) is 0 Å². The lowest BCUT2D eigenvalue weighted by Gasteiger charge is -2.38. The second-order valence-electron chi connectivity index (χ2n) is 5.65. The average molecular weight is 240 g/mol. The first kappa shape index (κ1) is 15.0. The fourth-order valence-corrected chi connectivity index (χ4v) is 2.98. The van der Waals surface area contributed by atoms with E-state index in [0.717, 1.165) is 12.0 Å². The standard InChI is InChI=1S/C15H32N2/c1-4-7-10-17-12-14(8-5-2)11-15(13-17)16-9-6-3/h14-16H,4-13H2,1-3H3. The van der Waals surface area contributed by atoms with Crippen molar-refractivity contribution in [2.45, 2.75) is 65.3 Å². The van der Waals surface area contributed by atoms with Crippen LogP contribution in [-0.4, -0.2) is 37.1 Å². The van der Waals surface area contributed by atoms with E-state index in [9.17, 15) is 0 Å². The van der Waals surface area contributed by atoms with E-state index < -0.39 is 0 Å². The maximum Gasteiger partial charge on any atom is 0.0198 e. The summed E-state index contributed by atoms with van der Waals surface area (Å²) in [6, 6.07) is 0.747. The van der Waals surface area contributed by atoms with Crippen LogP contribution in [0.4, 0.5) is 0 Å². The summed E-state index contributed by atoms with van der Waals surface area (Å²) in [6.45, 7) is 12.0. The van der Waals surface area contributed by atoms with Crippen molar-refractivity contribution in [2.75, 3.05) is 26.2 Å². The fourth-order valence-electron chi connectivity index (χ4n) is 2.98. The van der Waals surface area contributed by atoms with Gasteiger partial charge < -0.3 is 10.2 Å². The molecule has 0 radical (unpaired) electrons. The number of nitrogens with zero attached hydrogens (tertiary/aromatic N) is 1. The Morgan fingerprint density at radius 3 is 2.53 bits per heavy atom. The van der Waals surface area contributed by atoms with Crippen molar-refractivity contribution >= 4 is 0 Å². The molecule has 1 saturated heterocycles. The van der Waals surface area contributed by atoms with Crippen LogP contribution in [-0.2, 0) is 0 Å². The summed E-state index contributed by atoms with van der Waals surface area (Å²) in [5.41, 5.74) is 0. The first-order valence-corrected chi connectivity index (χ1v) is 7.75. The molecule has 17 heavy (non-hydrogen) atoms. The minimum atomic E-state index is 0.747. The molecule has 2 unspecified atom stereocenters. The van der Waals surface area contributed by atoms with Crippen molar-refractivity contribution in [1.29, 1.82) is 0 Å². The Morgan fingerprint density at radius 2 is 1.88 bits per heavy atom. The molecular formula is C15H32N2. The van der Waals surface area contributed by atoms with Gasteiger partial charge in [0.15, 0.2) is 0 Å². The number of hydrogen-bond acceptors (Lipinski definition) is 2. The maximum atomic E-state index is 3.72. The molecular weight excluding hydrogens is 208 g/mol. The zero-order chi connectivity index (χ0) is 12.5. The van der Waals surface area contributed by atoms with E-state index in [1.165, 1.54) is 64.7 Å². The number of nitrogens with one attached hydrogen (secondary N) is 1. The second kappa shape index (κ2) is 8.93. The van der Waals surface area contributed by atoms with Crippen LogP contribution in [0.15, 0.2) is 0 Å². The normalized spacial score (nSPS) is 26.3. The van der Waals surface area contributed by atoms with Gasteiger partial charge in [0, 0.05) is 19.1 Å². The minimum absolute atomic E-state index is 0.747. The number of piperidine rings is 1. The molecule has 0 aromatic rings. The molecule has 0 bridgehead atoms. The van der Waals surface area contributed by atoms with Crippen molar-refractivity contribution in [3.63, 3.8) is 0 Å². The van der Waals surface area contributed by atoms with Gasteiger partial charge in [-0.3, -0.25) is 0 Å². The molecule has 1 aliphatic rings. The van der Waals surface area contributed by atoms with Gasteiger partial charge in [-0.1, -0.05) is 33.6 Å². The zero-order valence-electron chi connectivity index (χ0n) is 12.2. The molecule has 2 atom stereocenters. The summed E-state index contributed by atoms with van der Waals surface area (Å²) >= 11 is 0. The zero-order valence-corrected chi connectivity index (χ0v) is 12.2. The van der Waals surface area contributed by atoms with E-state index in [1.54, 1.807) is 0 Å². The monoisotopic (exact) mass is 240 g/mol. The molecule has 1 aliphatic heterocycles. The summed E-state index contributed by atoms with van der Waals surface area (Å²) in [7, 11) is 0. The van der Waals surface area contributed by atoms with Gasteiger partial charge in [-0.15, -0.1) is 0 Å². The van der Waals surface area contributed by atoms with Crippen molar-refractivity contribution in [3.8, 4) is 0 Å². The largest absolute Gasteiger partial charge is 0.313 e. The number of likely N-dealkylation sites (tertiary alicyclic amines) is 1. The highest BCUT2D eigenvalue weighted by Crippen LogP contribution is 2.21. The van der Waals surface area contributed by atoms with Crippen LogP contribution in [0.25, 0.3) is 0 Å². The van der Waals surface area contributed by atoms with E-state index >= 15 is 0 Å². The molecule has 2 heteroatoms. The van der Waals surface area contributed by atoms with E-state index in [2.05, 4.69) is 31.0 Å². The quantitative estimate of drug-likeness (QED) is 0.700. The van der Waals surface area contributed by atoms with Crippen molar-refractivity contribution in [3.05, 3.63) is 0 Å². The van der Waals surface area contributed by atoms with Crippen molar-refractivity contribution in [2.24, 2.45) is 5.92 Å². The van der Waals surface area contributed by atoms with Gasteiger partial charge in [0.25, 0.3) is 0 Å². The van der Waals surface area contributed by atoms with Crippen LogP contribution >= 0.6 is 0 Å². The van der Waals surface area contributed by atoms with Gasteiger partial charge in [0.1, 0.15) is 0 Å². The number of rotatable bonds is 8. The maximum absolute atomic E-state index is 3.72. The lowest BCUT2D eigenvalue weighted by Crippen LogP contribution is -2.49. The molecule has 0 spiro atoms. The molecule has 2 nitrogen and oxygen atoms in total. The second-order valence-corrected chi connectivity index (χ2v) is 5.65. The molecule has 0 amide bonds. The lowest BCUT2D eigenvalue weighted by atomic mass is 9.90. The molecule has 0 saturated carbocycles. The Bertz CT molecular complexity index is 166. The first-order valence-electron chi connectivity index (χ1n) is 7.75. The van der Waals surface area contributed by atoms with Crippen LogP contribution in [0, 0.1) is 5.92 Å². The third-order valence-corrected chi connectivity index (χ3v) is 3.82. The van der Waals surface area contributed by atoms with Crippen molar-refractivity contribution < 1.29 is 0 Å². The summed E-state index contributed by atoms with van der Waals surface area (Å²) in [4.78, 5) is 2.70. The van der Waals surface area contributed by atoms with E-state index in [-0.39, 0.29) is 0 Å². The van der Waals surface area contributed by atoms with E-state index in [1.807, 2.05) is 0 Å². The third kappa shape index (κ3) is 5.87. The number of unbranched alkanes of at least 4 members (excludes halogenated alkanes) is 1. The fraction of sp³-hybridized carbons (Fsp3) is 1.00. The summed E-state index contributed by atoms with van der Waals surface area (Å²) in [6.07, 6.45) is 8.08. The molecule has 0 aromatic heterocycles. The van der Waals surface area contributed by atoms with Gasteiger partial charge in [0.2, 0.25) is 0 Å². The first-order chi connectivity index (χ1) is 8.30. The minimum Gasteiger partial charge on any atom is -0.313 e. The highest BCUT2D eigenvalue weighted by molar-refractivity contribution is 4.83. The number of hydrogen-bond donors (Lipinski definition) is 1. The van der Waals surface area contributed by atoms with Gasteiger partial charge in [0.05, 0.1) is 0 Å². The predicted molar refractivity (Wildman–Crippen MR) is 76.4 cm³/mol. The van der Waals surface area contributed by atoms with E-state index in [4.69, 9.17) is 0 Å². The predicted octanol–water partition coefficient (Wildman–Crippen LogP) is 3.28. The molecule has 1 N–H and O–H groups in total. The van der Waals surface area contributed by atoms with Crippen molar-refractivity contribution in [1.82, 2.24) is 10.2 Å². The van der Waals surface area contributed by atoms with Crippen LogP contribution in [0.1, 0.15) is 59.3 Å². The third-order valence-electron chi connectivity index (χ3n) is 3.82. The van der Waals surface area contributed by atoms with Crippen LogP contribution < -0.4 is 5.32 Å². The summed E-state index contributed by atoms with van der Waals surface area (Å²) < 4.78 is 0.